The second kappa shape index (κ2) is 6.31. The van der Waals surface area contributed by atoms with Crippen LogP contribution >= 0.6 is 34.8 Å². The first-order chi connectivity index (χ1) is 9.47. The van der Waals surface area contributed by atoms with Crippen LogP contribution in [0.3, 0.4) is 0 Å². The molecule has 20 heavy (non-hydrogen) atoms. The fourth-order valence-electron chi connectivity index (χ4n) is 1.74. The molecule has 1 aromatic heterocycles. The molecule has 0 aliphatic carbocycles. The lowest BCUT2D eigenvalue weighted by atomic mass is 10.0. The lowest BCUT2D eigenvalue weighted by molar-refractivity contribution is 0.194. The van der Waals surface area contributed by atoms with Gasteiger partial charge in [0.2, 0.25) is 0 Å². The Morgan fingerprint density at radius 1 is 1.20 bits per heavy atom. The highest BCUT2D eigenvalue weighted by Crippen LogP contribution is 2.32. The molecule has 0 bridgehead atoms. The number of amides is 1. The summed E-state index contributed by atoms with van der Waals surface area (Å²) in [7, 11) is 0. The van der Waals surface area contributed by atoms with Gasteiger partial charge in [0.05, 0.1) is 0 Å². The van der Waals surface area contributed by atoms with Crippen LogP contribution in [0.25, 0.3) is 11.1 Å². The van der Waals surface area contributed by atoms with Crippen molar-refractivity contribution in [2.75, 3.05) is 0 Å². The molecule has 0 aliphatic heterocycles. The molecule has 0 atom stereocenters. The van der Waals surface area contributed by atoms with E-state index >= 15 is 0 Å². The number of rotatable bonds is 3. The molecule has 1 amide bonds. The van der Waals surface area contributed by atoms with E-state index in [0.717, 1.165) is 0 Å². The van der Waals surface area contributed by atoms with Crippen molar-refractivity contribution in [3.63, 3.8) is 0 Å². The van der Waals surface area contributed by atoms with Crippen molar-refractivity contribution in [3.8, 4) is 11.1 Å². The second-order valence-corrected chi connectivity index (χ2v) is 5.18. The number of benzene rings is 1. The van der Waals surface area contributed by atoms with Crippen molar-refractivity contribution in [2.45, 2.75) is 6.54 Å². The molecule has 7 heteroatoms. The number of pyridine rings is 1. The zero-order chi connectivity index (χ0) is 14.7. The molecule has 1 heterocycles. The topological polar surface area (TPSA) is 62.2 Å². The molecule has 0 unspecified atom stereocenters. The smallest absolute Gasteiger partial charge is 0.404 e. The molecule has 0 saturated carbocycles. The Labute approximate surface area is 130 Å². The van der Waals surface area contributed by atoms with Crippen LogP contribution in [-0.4, -0.2) is 16.2 Å². The number of nitrogens with one attached hydrogen (secondary N) is 1. The number of carboxylic acid groups (broad SMARTS) is 1. The lowest BCUT2D eigenvalue weighted by Gasteiger charge is -2.11. The molecule has 2 rings (SSSR count). The van der Waals surface area contributed by atoms with E-state index in [9.17, 15) is 4.79 Å². The molecule has 2 aromatic rings. The van der Waals surface area contributed by atoms with E-state index in [2.05, 4.69) is 10.3 Å². The monoisotopic (exact) mass is 330 g/mol. The second-order valence-electron chi connectivity index (χ2n) is 3.95. The fourth-order valence-corrected chi connectivity index (χ4v) is 2.43. The van der Waals surface area contributed by atoms with Gasteiger partial charge >= 0.3 is 6.09 Å². The van der Waals surface area contributed by atoms with Gasteiger partial charge in [0.1, 0.15) is 5.15 Å². The highest BCUT2D eigenvalue weighted by Gasteiger charge is 2.11. The molecule has 0 fully saturated rings. The third kappa shape index (κ3) is 3.54. The van der Waals surface area contributed by atoms with Gasteiger partial charge in [0.25, 0.3) is 0 Å². The molecular formula is C13H9Cl3N2O2. The summed E-state index contributed by atoms with van der Waals surface area (Å²) in [6.07, 6.45) is 0.433. The summed E-state index contributed by atoms with van der Waals surface area (Å²) in [5.41, 5.74) is 2.09. The summed E-state index contributed by atoms with van der Waals surface area (Å²) in [4.78, 5) is 14.6. The zero-order valence-electron chi connectivity index (χ0n) is 10.0. The van der Waals surface area contributed by atoms with E-state index in [-0.39, 0.29) is 11.7 Å². The van der Waals surface area contributed by atoms with Gasteiger partial charge in [0, 0.05) is 33.9 Å². The predicted molar refractivity (Wildman–Crippen MR) is 79.6 cm³/mol. The number of hydrogen-bond donors (Lipinski definition) is 2. The number of hydrogen-bond acceptors (Lipinski definition) is 2. The number of halogens is 3. The Morgan fingerprint density at radius 2 is 1.95 bits per heavy atom. The Bertz CT molecular complexity index is 662. The Balaban J connectivity index is 2.47. The maximum atomic E-state index is 10.6. The maximum Gasteiger partial charge on any atom is 0.404 e. The third-order valence-corrected chi connectivity index (χ3v) is 3.36. The Hall–Kier alpha value is -1.49. The van der Waals surface area contributed by atoms with E-state index in [1.54, 1.807) is 30.5 Å². The van der Waals surface area contributed by atoms with Gasteiger partial charge in [-0.25, -0.2) is 9.78 Å². The van der Waals surface area contributed by atoms with E-state index in [1.165, 1.54) is 0 Å². The average molecular weight is 332 g/mol. The minimum Gasteiger partial charge on any atom is -0.465 e. The summed E-state index contributed by atoms with van der Waals surface area (Å²) in [6.45, 7) is 0.103. The lowest BCUT2D eigenvalue weighted by Crippen LogP contribution is -2.20. The van der Waals surface area contributed by atoms with Crippen LogP contribution in [0.1, 0.15) is 5.56 Å². The highest BCUT2D eigenvalue weighted by molar-refractivity contribution is 6.36. The summed E-state index contributed by atoms with van der Waals surface area (Å²) < 4.78 is 0. The molecule has 0 radical (unpaired) electrons. The summed E-state index contributed by atoms with van der Waals surface area (Å²) in [5.74, 6) is 0. The van der Waals surface area contributed by atoms with Crippen molar-refractivity contribution < 1.29 is 9.90 Å². The summed E-state index contributed by atoms with van der Waals surface area (Å²) in [6, 6.07) is 6.66. The average Bonchev–Trinajstić information content (AvgIpc) is 2.37. The van der Waals surface area contributed by atoms with Crippen LogP contribution in [0.2, 0.25) is 15.2 Å². The summed E-state index contributed by atoms with van der Waals surface area (Å²) in [5, 5.41) is 12.2. The molecule has 2 N–H and O–H groups in total. The Morgan fingerprint density at radius 3 is 2.60 bits per heavy atom. The highest BCUT2D eigenvalue weighted by atomic mass is 35.5. The molecule has 0 aliphatic rings. The van der Waals surface area contributed by atoms with E-state index in [4.69, 9.17) is 39.9 Å². The van der Waals surface area contributed by atoms with Crippen LogP contribution in [0.4, 0.5) is 4.79 Å². The first kappa shape index (κ1) is 14.9. The maximum absolute atomic E-state index is 10.6. The van der Waals surface area contributed by atoms with Crippen molar-refractivity contribution in [2.24, 2.45) is 0 Å². The molecule has 4 nitrogen and oxygen atoms in total. The largest absolute Gasteiger partial charge is 0.465 e. The van der Waals surface area contributed by atoms with Gasteiger partial charge in [0.15, 0.2) is 0 Å². The van der Waals surface area contributed by atoms with Crippen LogP contribution in [0.15, 0.2) is 30.5 Å². The predicted octanol–water partition coefficient (Wildman–Crippen LogP) is 4.48. The SMILES string of the molecule is O=C(O)NCc1cc(Cl)ncc1-c1ccc(Cl)cc1Cl. The van der Waals surface area contributed by atoms with Gasteiger partial charge in [-0.15, -0.1) is 0 Å². The van der Waals surface area contributed by atoms with Gasteiger partial charge in [-0.2, -0.15) is 0 Å². The van der Waals surface area contributed by atoms with E-state index < -0.39 is 6.09 Å². The minimum absolute atomic E-state index is 0.103. The van der Waals surface area contributed by atoms with Crippen LogP contribution in [0, 0.1) is 0 Å². The molecule has 104 valence electrons. The van der Waals surface area contributed by atoms with E-state index in [1.807, 2.05) is 0 Å². The van der Waals surface area contributed by atoms with Gasteiger partial charge in [-0.1, -0.05) is 40.9 Å². The molecule has 0 saturated heterocycles. The van der Waals surface area contributed by atoms with Gasteiger partial charge in [-0.05, 0) is 23.8 Å². The van der Waals surface area contributed by atoms with E-state index in [0.29, 0.717) is 26.7 Å². The third-order valence-electron chi connectivity index (χ3n) is 2.61. The van der Waals surface area contributed by atoms with Crippen LogP contribution in [0.5, 0.6) is 0 Å². The van der Waals surface area contributed by atoms with Gasteiger partial charge < -0.3 is 10.4 Å². The number of carbonyl (C=O) groups is 1. The van der Waals surface area contributed by atoms with Crippen molar-refractivity contribution in [1.29, 1.82) is 0 Å². The molecular weight excluding hydrogens is 323 g/mol. The first-order valence-electron chi connectivity index (χ1n) is 5.54. The normalized spacial score (nSPS) is 10.3. The van der Waals surface area contributed by atoms with Crippen molar-refractivity contribution in [1.82, 2.24) is 10.3 Å². The van der Waals surface area contributed by atoms with Crippen molar-refractivity contribution in [3.05, 3.63) is 51.2 Å². The standard InChI is InChI=1S/C13H9Cl3N2O2/c14-8-1-2-9(11(15)4-8)10-6-17-12(16)3-7(10)5-18-13(19)20/h1-4,6,18H,5H2,(H,19,20). The number of nitrogens with zero attached hydrogens (tertiary/aromatic N) is 1. The minimum atomic E-state index is -1.12. The zero-order valence-corrected chi connectivity index (χ0v) is 12.3. The summed E-state index contributed by atoms with van der Waals surface area (Å²) >= 11 is 17.9. The Kier molecular flexibility index (Phi) is 4.70. The van der Waals surface area contributed by atoms with Crippen LogP contribution in [-0.2, 0) is 6.54 Å². The fraction of sp³-hybridized carbons (Fsp3) is 0.0769. The van der Waals surface area contributed by atoms with Crippen LogP contribution < -0.4 is 5.32 Å². The quantitative estimate of drug-likeness (QED) is 0.815. The number of aromatic nitrogens is 1. The molecule has 0 spiro atoms. The van der Waals surface area contributed by atoms with Gasteiger partial charge in [-0.3, -0.25) is 0 Å². The van der Waals surface area contributed by atoms with Crippen molar-refractivity contribution >= 4 is 40.9 Å². The first-order valence-corrected chi connectivity index (χ1v) is 6.67. The molecule has 1 aromatic carbocycles.